The monoisotopic (exact) mass is 556 g/mol. The molecule has 5 aromatic rings. The number of carbonyl (C=O) groups excluding carboxylic acids is 2. The maximum atomic E-state index is 11.4. The van der Waals surface area contributed by atoms with Crippen molar-refractivity contribution in [3.05, 3.63) is 107 Å². The van der Waals surface area contributed by atoms with Crippen LogP contribution in [0.2, 0.25) is 0 Å². The Kier molecular flexibility index (Phi) is 8.57. The zero-order chi connectivity index (χ0) is 29.3. The van der Waals surface area contributed by atoms with E-state index in [1.807, 2.05) is 48.5 Å². The highest BCUT2D eigenvalue weighted by Gasteiger charge is 2.07. The van der Waals surface area contributed by atoms with Gasteiger partial charge in [0.2, 0.25) is 0 Å². The van der Waals surface area contributed by atoms with Gasteiger partial charge in [-0.1, -0.05) is 36.1 Å². The van der Waals surface area contributed by atoms with Crippen molar-refractivity contribution < 1.29 is 28.5 Å². The zero-order valence-electron chi connectivity index (χ0n) is 22.8. The van der Waals surface area contributed by atoms with Gasteiger partial charge in [0.25, 0.3) is 0 Å². The summed E-state index contributed by atoms with van der Waals surface area (Å²) in [4.78, 5) is 32.3. The lowest BCUT2D eigenvalue weighted by atomic mass is 10.1. The van der Waals surface area contributed by atoms with Crippen LogP contribution in [0.15, 0.2) is 84.9 Å². The van der Waals surface area contributed by atoms with Crippen LogP contribution in [0.4, 0.5) is 0 Å². The molecule has 5 rings (SSSR count). The topological polar surface area (TPSA) is 96.8 Å². The van der Waals surface area contributed by atoms with E-state index in [2.05, 4.69) is 33.2 Å². The predicted octanol–water partition coefficient (Wildman–Crippen LogP) is 4.69. The van der Waals surface area contributed by atoms with Crippen molar-refractivity contribution in [1.82, 2.24) is 9.97 Å². The Morgan fingerprint density at radius 2 is 1.02 bits per heavy atom. The summed E-state index contributed by atoms with van der Waals surface area (Å²) in [5.41, 5.74) is 4.03. The Balaban J connectivity index is 1.40. The Labute approximate surface area is 242 Å². The van der Waals surface area contributed by atoms with E-state index >= 15 is 0 Å². The van der Waals surface area contributed by atoms with Gasteiger partial charge in [0.05, 0.1) is 25.3 Å². The van der Waals surface area contributed by atoms with Crippen molar-refractivity contribution in [2.75, 3.05) is 27.4 Å². The molecule has 2 heterocycles. The molecular formula is C34H24N2O6. The molecule has 8 heteroatoms. The average Bonchev–Trinajstić information content (AvgIpc) is 3.04. The normalized spacial score (nSPS) is 10.1. The van der Waals surface area contributed by atoms with Crippen molar-refractivity contribution in [3.8, 4) is 35.2 Å². The van der Waals surface area contributed by atoms with Crippen LogP contribution in [0.3, 0.4) is 0 Å². The number of aromatic nitrogens is 2. The number of rotatable bonds is 6. The number of hydrogen-bond acceptors (Lipinski definition) is 8. The second-order valence-electron chi connectivity index (χ2n) is 8.89. The van der Waals surface area contributed by atoms with Gasteiger partial charge in [-0.25, -0.2) is 19.6 Å². The van der Waals surface area contributed by atoms with Crippen molar-refractivity contribution in [1.29, 1.82) is 0 Å². The van der Waals surface area contributed by atoms with Crippen LogP contribution in [0.5, 0.6) is 11.5 Å². The van der Waals surface area contributed by atoms with E-state index in [0.717, 1.165) is 21.8 Å². The van der Waals surface area contributed by atoms with Crippen molar-refractivity contribution in [2.24, 2.45) is 0 Å². The van der Waals surface area contributed by atoms with Gasteiger partial charge in [-0.15, -0.1) is 0 Å². The summed E-state index contributed by atoms with van der Waals surface area (Å²) in [6, 6.07) is 25.9. The van der Waals surface area contributed by atoms with E-state index in [1.165, 1.54) is 14.2 Å². The molecule has 0 spiro atoms. The van der Waals surface area contributed by atoms with E-state index in [0.29, 0.717) is 34.0 Å². The van der Waals surface area contributed by atoms with Gasteiger partial charge < -0.3 is 18.9 Å². The highest BCUT2D eigenvalue weighted by molar-refractivity contribution is 6.03. The minimum atomic E-state index is -0.460. The fourth-order valence-corrected chi connectivity index (χ4v) is 3.91. The maximum absolute atomic E-state index is 11.4. The van der Waals surface area contributed by atoms with E-state index in [4.69, 9.17) is 19.4 Å². The molecule has 0 N–H and O–H groups in total. The Morgan fingerprint density at radius 3 is 1.45 bits per heavy atom. The molecule has 0 unspecified atom stereocenters. The molecule has 42 heavy (non-hydrogen) atoms. The van der Waals surface area contributed by atoms with Crippen LogP contribution >= 0.6 is 0 Å². The number of nitrogens with zero attached hydrogens (tertiary/aromatic N) is 2. The highest BCUT2D eigenvalue weighted by atomic mass is 16.6. The number of pyridine rings is 2. The second-order valence-corrected chi connectivity index (χ2v) is 8.89. The fourth-order valence-electron chi connectivity index (χ4n) is 3.91. The van der Waals surface area contributed by atoms with Crippen molar-refractivity contribution in [3.63, 3.8) is 0 Å². The number of methoxy groups -OCH3 is 2. The molecule has 0 aliphatic rings. The van der Waals surface area contributed by atoms with Crippen LogP contribution in [-0.2, 0) is 19.1 Å². The van der Waals surface area contributed by atoms with Crippen molar-refractivity contribution >= 4 is 33.7 Å². The summed E-state index contributed by atoms with van der Waals surface area (Å²) >= 11 is 0. The molecule has 3 aromatic carbocycles. The predicted molar refractivity (Wildman–Crippen MR) is 157 cm³/mol. The molecular weight excluding hydrogens is 532 g/mol. The molecule has 0 saturated carbocycles. The number of benzene rings is 3. The maximum Gasteiger partial charge on any atom is 0.343 e. The molecule has 0 aliphatic heterocycles. The van der Waals surface area contributed by atoms with Gasteiger partial charge in [-0.2, -0.15) is 0 Å². The van der Waals surface area contributed by atoms with E-state index in [1.54, 1.807) is 36.4 Å². The highest BCUT2D eigenvalue weighted by Crippen LogP contribution is 2.23. The molecule has 0 saturated heterocycles. The van der Waals surface area contributed by atoms with E-state index < -0.39 is 11.9 Å². The number of carbonyl (C=O) groups is 2. The van der Waals surface area contributed by atoms with Gasteiger partial charge in [0, 0.05) is 21.9 Å². The second kappa shape index (κ2) is 13.0. The SMILES string of the molecule is COC(=O)COc1cccc(C#Cc2ccc3ccc4ccc(C#Cc5cccc(OCC(=O)OC)c5)nc4c3n2)c1. The van der Waals surface area contributed by atoms with Crippen molar-refractivity contribution in [2.45, 2.75) is 0 Å². The summed E-state index contributed by atoms with van der Waals surface area (Å²) in [6.07, 6.45) is 0. The molecule has 0 aliphatic carbocycles. The standard InChI is InChI=1S/C34H24N2O6/c1-39-31(37)21-41-29-7-3-5-23(19-29)9-15-27-17-13-25-11-12-26-14-18-28(36-34(26)33(25)35-27)16-10-24-6-4-8-30(20-24)42-22-32(38)40-2/h3-8,11-14,17-20H,21-22H2,1-2H3. The smallest absolute Gasteiger partial charge is 0.343 e. The lowest BCUT2D eigenvalue weighted by Gasteiger charge is -2.05. The van der Waals surface area contributed by atoms with Crippen LogP contribution in [0.25, 0.3) is 21.8 Å². The van der Waals surface area contributed by atoms with Crippen LogP contribution in [-0.4, -0.2) is 49.3 Å². The van der Waals surface area contributed by atoms with Crippen LogP contribution in [0, 0.1) is 23.7 Å². The first-order chi connectivity index (χ1) is 20.5. The van der Waals surface area contributed by atoms with E-state index in [9.17, 15) is 9.59 Å². The molecule has 0 radical (unpaired) electrons. The summed E-state index contributed by atoms with van der Waals surface area (Å²) in [7, 11) is 2.62. The lowest BCUT2D eigenvalue weighted by molar-refractivity contribution is -0.143. The fraction of sp³-hybridized carbons (Fsp3) is 0.118. The van der Waals surface area contributed by atoms with Crippen LogP contribution in [0.1, 0.15) is 22.5 Å². The van der Waals surface area contributed by atoms with Gasteiger partial charge in [0.15, 0.2) is 13.2 Å². The molecule has 0 amide bonds. The molecule has 206 valence electrons. The third-order valence-corrected chi connectivity index (χ3v) is 6.03. The van der Waals surface area contributed by atoms with Gasteiger partial charge >= 0.3 is 11.9 Å². The first-order valence-corrected chi connectivity index (χ1v) is 12.8. The minimum absolute atomic E-state index is 0.177. The molecule has 2 aromatic heterocycles. The average molecular weight is 557 g/mol. The van der Waals surface area contributed by atoms with Crippen LogP contribution < -0.4 is 9.47 Å². The first kappa shape index (κ1) is 27.7. The Morgan fingerprint density at radius 1 is 0.595 bits per heavy atom. The number of esters is 2. The molecule has 0 fully saturated rings. The third kappa shape index (κ3) is 7.01. The number of ether oxygens (including phenoxy) is 4. The number of fused-ring (bicyclic) bond motifs is 3. The largest absolute Gasteiger partial charge is 0.482 e. The van der Waals surface area contributed by atoms with Gasteiger partial charge in [-0.3, -0.25) is 0 Å². The van der Waals surface area contributed by atoms with E-state index in [-0.39, 0.29) is 13.2 Å². The summed E-state index contributed by atoms with van der Waals surface area (Å²) in [6.45, 7) is -0.353. The summed E-state index contributed by atoms with van der Waals surface area (Å²) in [5.74, 6) is 12.5. The lowest BCUT2D eigenvalue weighted by Crippen LogP contribution is -2.12. The minimum Gasteiger partial charge on any atom is -0.482 e. The molecule has 0 atom stereocenters. The Hall–Kier alpha value is -5.86. The molecule has 0 bridgehead atoms. The zero-order valence-corrected chi connectivity index (χ0v) is 22.8. The summed E-state index contributed by atoms with van der Waals surface area (Å²) < 4.78 is 20.1. The Bertz CT molecular complexity index is 1790. The van der Waals surface area contributed by atoms with Gasteiger partial charge in [-0.05, 0) is 72.5 Å². The van der Waals surface area contributed by atoms with Gasteiger partial charge in [0.1, 0.15) is 22.9 Å². The summed E-state index contributed by atoms with van der Waals surface area (Å²) in [5, 5.41) is 1.86. The first-order valence-electron chi connectivity index (χ1n) is 12.8. The molecule has 8 nitrogen and oxygen atoms in total. The quantitative estimate of drug-likeness (QED) is 0.169. The third-order valence-electron chi connectivity index (χ3n) is 6.03. The number of hydrogen-bond donors (Lipinski definition) is 0.